The summed E-state index contributed by atoms with van der Waals surface area (Å²) >= 11 is 3.71. The molecule has 2 heterocycles. The normalized spacial score (nSPS) is 22.7. The van der Waals surface area contributed by atoms with E-state index in [1.54, 1.807) is 21.6 Å². The lowest BCUT2D eigenvalue weighted by molar-refractivity contribution is 1.18. The molecule has 0 aromatic rings. The summed E-state index contributed by atoms with van der Waals surface area (Å²) < 4.78 is 2.44. The molecule has 66 valence electrons. The van der Waals surface area contributed by atoms with Crippen LogP contribution in [0.5, 0.6) is 0 Å². The first-order chi connectivity index (χ1) is 5.95. The Morgan fingerprint density at radius 3 is 1.75 bits per heavy atom. The van der Waals surface area contributed by atoms with Crippen molar-refractivity contribution in [3.63, 3.8) is 0 Å². The van der Waals surface area contributed by atoms with Crippen LogP contribution >= 0.6 is 45.1 Å². The number of thioether (sulfide) groups is 2. The summed E-state index contributed by atoms with van der Waals surface area (Å²) in [5.41, 5.74) is 0. The monoisotopic (exact) mass is 236 g/mol. The highest BCUT2D eigenvalue weighted by molar-refractivity contribution is 8.93. The van der Waals surface area contributed by atoms with Crippen molar-refractivity contribution < 1.29 is 0 Å². The third-order valence-corrected chi connectivity index (χ3v) is 6.49. The van der Waals surface area contributed by atoms with Gasteiger partial charge in [0.25, 0.3) is 0 Å². The van der Waals surface area contributed by atoms with Crippen LogP contribution in [0.3, 0.4) is 0 Å². The molecule has 0 saturated heterocycles. The van der Waals surface area contributed by atoms with Gasteiger partial charge in [0, 0.05) is 11.5 Å². The van der Waals surface area contributed by atoms with Gasteiger partial charge in [0.05, 0.1) is 13.1 Å². The maximum absolute atomic E-state index is 4.35. The van der Waals surface area contributed by atoms with E-state index in [9.17, 15) is 0 Å². The summed E-state index contributed by atoms with van der Waals surface area (Å²) in [5.74, 6) is 2.31. The molecule has 0 spiro atoms. The van der Waals surface area contributed by atoms with E-state index < -0.39 is 0 Å². The van der Waals surface area contributed by atoms with E-state index in [0.29, 0.717) is 0 Å². The van der Waals surface area contributed by atoms with Gasteiger partial charge in [0.1, 0.15) is 8.75 Å². The molecule has 0 aromatic carbocycles. The van der Waals surface area contributed by atoms with E-state index in [1.807, 2.05) is 23.5 Å². The molecule has 0 bridgehead atoms. The standard InChI is InChI=1S/C6H8N2S4/c1-3-9-5(7-1)11-12-6-8-2-4-10-6/h1-4H2. The number of rotatable bonds is 0. The van der Waals surface area contributed by atoms with Crippen LogP contribution in [-0.2, 0) is 0 Å². The molecule has 0 aromatic heterocycles. The number of nitrogens with zero attached hydrogens (tertiary/aromatic N) is 2. The zero-order chi connectivity index (χ0) is 8.23. The molecule has 2 aliphatic rings. The van der Waals surface area contributed by atoms with Crippen LogP contribution < -0.4 is 0 Å². The van der Waals surface area contributed by atoms with Crippen molar-refractivity contribution in [1.82, 2.24) is 0 Å². The Labute approximate surface area is 88.2 Å². The van der Waals surface area contributed by atoms with Crippen molar-refractivity contribution in [2.24, 2.45) is 9.98 Å². The first kappa shape index (κ1) is 9.30. The molecule has 12 heavy (non-hydrogen) atoms. The van der Waals surface area contributed by atoms with Crippen LogP contribution in [0.25, 0.3) is 0 Å². The highest BCUT2D eigenvalue weighted by atomic mass is 33.1. The molecule has 0 unspecified atom stereocenters. The zero-order valence-corrected chi connectivity index (χ0v) is 9.62. The zero-order valence-electron chi connectivity index (χ0n) is 6.36. The Bertz CT molecular complexity index is 202. The number of hydrogen-bond donors (Lipinski definition) is 0. The summed E-state index contributed by atoms with van der Waals surface area (Å²) in [4.78, 5) is 8.71. The van der Waals surface area contributed by atoms with Gasteiger partial charge >= 0.3 is 0 Å². The molecule has 0 fully saturated rings. The molecule has 2 nitrogen and oxygen atoms in total. The van der Waals surface area contributed by atoms with Crippen molar-refractivity contribution in [2.75, 3.05) is 24.6 Å². The summed E-state index contributed by atoms with van der Waals surface area (Å²) in [6.07, 6.45) is 0. The largest absolute Gasteiger partial charge is 0.270 e. The highest BCUT2D eigenvalue weighted by Gasteiger charge is 2.12. The molecule has 0 N–H and O–H groups in total. The van der Waals surface area contributed by atoms with Gasteiger partial charge in [-0.2, -0.15) is 0 Å². The molecule has 6 heteroatoms. The number of hydrogen-bond acceptors (Lipinski definition) is 6. The van der Waals surface area contributed by atoms with Crippen LogP contribution in [0.4, 0.5) is 0 Å². The van der Waals surface area contributed by atoms with Crippen molar-refractivity contribution in [3.05, 3.63) is 0 Å². The van der Waals surface area contributed by atoms with Gasteiger partial charge in [0.2, 0.25) is 0 Å². The second kappa shape index (κ2) is 4.83. The fraction of sp³-hybridized carbons (Fsp3) is 0.667. The minimum atomic E-state index is 0.993. The molecule has 0 radical (unpaired) electrons. The second-order valence-electron chi connectivity index (χ2n) is 2.16. The SMILES string of the molecule is C1CSC(SSC2=NCCS2)=N1. The predicted molar refractivity (Wildman–Crippen MR) is 64.7 cm³/mol. The van der Waals surface area contributed by atoms with E-state index in [2.05, 4.69) is 9.98 Å². The van der Waals surface area contributed by atoms with E-state index in [4.69, 9.17) is 0 Å². The lowest BCUT2D eigenvalue weighted by Crippen LogP contribution is -1.78. The summed E-state index contributed by atoms with van der Waals surface area (Å²) in [6.45, 7) is 1.99. The van der Waals surface area contributed by atoms with E-state index >= 15 is 0 Å². The minimum Gasteiger partial charge on any atom is -0.270 e. The van der Waals surface area contributed by atoms with Crippen LogP contribution in [0.1, 0.15) is 0 Å². The fourth-order valence-electron chi connectivity index (χ4n) is 0.803. The average Bonchev–Trinajstić information content (AvgIpc) is 2.74. The van der Waals surface area contributed by atoms with Crippen LogP contribution in [0.15, 0.2) is 9.98 Å². The van der Waals surface area contributed by atoms with Crippen LogP contribution in [-0.4, -0.2) is 33.3 Å². The van der Waals surface area contributed by atoms with E-state index in [0.717, 1.165) is 24.6 Å². The van der Waals surface area contributed by atoms with Crippen molar-refractivity contribution in [1.29, 1.82) is 0 Å². The van der Waals surface area contributed by atoms with Crippen LogP contribution in [0, 0.1) is 0 Å². The third-order valence-electron chi connectivity index (χ3n) is 1.30. The molecule has 0 aliphatic carbocycles. The van der Waals surface area contributed by atoms with Crippen molar-refractivity contribution in [3.8, 4) is 0 Å². The third kappa shape index (κ3) is 2.61. The topological polar surface area (TPSA) is 24.7 Å². The van der Waals surface area contributed by atoms with Gasteiger partial charge in [-0.3, -0.25) is 9.98 Å². The lowest BCUT2D eigenvalue weighted by atomic mass is 10.8. The Hall–Kier alpha value is 0.740. The molecule has 2 aliphatic heterocycles. The molecular weight excluding hydrogens is 228 g/mol. The first-order valence-electron chi connectivity index (χ1n) is 3.64. The fourth-order valence-corrected chi connectivity index (χ4v) is 5.42. The van der Waals surface area contributed by atoms with Gasteiger partial charge < -0.3 is 0 Å². The van der Waals surface area contributed by atoms with Gasteiger partial charge in [-0.15, -0.1) is 0 Å². The van der Waals surface area contributed by atoms with Crippen molar-refractivity contribution in [2.45, 2.75) is 0 Å². The average molecular weight is 236 g/mol. The van der Waals surface area contributed by atoms with E-state index in [1.165, 1.54) is 8.75 Å². The van der Waals surface area contributed by atoms with Gasteiger partial charge in [-0.05, 0) is 21.6 Å². The maximum atomic E-state index is 4.35. The summed E-state index contributed by atoms with van der Waals surface area (Å²) in [6, 6.07) is 0. The highest BCUT2D eigenvalue weighted by Crippen LogP contribution is 2.37. The second-order valence-corrected chi connectivity index (χ2v) is 6.95. The molecule has 2 rings (SSSR count). The first-order valence-corrected chi connectivity index (χ1v) is 7.76. The minimum absolute atomic E-state index is 0.993. The van der Waals surface area contributed by atoms with Gasteiger partial charge in [-0.25, -0.2) is 0 Å². The predicted octanol–water partition coefficient (Wildman–Crippen LogP) is 2.57. The Morgan fingerprint density at radius 2 is 1.42 bits per heavy atom. The van der Waals surface area contributed by atoms with Crippen molar-refractivity contribution >= 4 is 53.9 Å². The maximum Gasteiger partial charge on any atom is 0.135 e. The van der Waals surface area contributed by atoms with E-state index in [-0.39, 0.29) is 0 Å². The quantitative estimate of drug-likeness (QED) is 0.604. The molecule has 0 atom stereocenters. The van der Waals surface area contributed by atoms with Gasteiger partial charge in [0.15, 0.2) is 0 Å². The summed E-state index contributed by atoms with van der Waals surface area (Å²) in [5, 5.41) is 0. The smallest absolute Gasteiger partial charge is 0.135 e. The Morgan fingerprint density at radius 1 is 0.917 bits per heavy atom. The lowest BCUT2D eigenvalue weighted by Gasteiger charge is -1.96. The molecule has 0 amide bonds. The Balaban J connectivity index is 1.74. The van der Waals surface area contributed by atoms with Crippen LogP contribution in [0.2, 0.25) is 0 Å². The summed E-state index contributed by atoms with van der Waals surface area (Å²) in [7, 11) is 3.52. The Kier molecular flexibility index (Phi) is 3.75. The van der Waals surface area contributed by atoms with Gasteiger partial charge in [-0.1, -0.05) is 23.5 Å². The molecular formula is C6H8N2S4. The molecule has 0 saturated carbocycles. The number of aliphatic imine (C=N–C) groups is 2.